The number of nitrogens with one attached hydrogen (secondary N) is 2. The summed E-state index contributed by atoms with van der Waals surface area (Å²) in [5, 5.41) is 2.80. The van der Waals surface area contributed by atoms with Crippen LogP contribution in [-0.2, 0) is 10.0 Å². The number of sulfonamides is 1. The lowest BCUT2D eigenvalue weighted by atomic mass is 10.2. The van der Waals surface area contributed by atoms with Crippen LogP contribution < -0.4 is 10.0 Å². The van der Waals surface area contributed by atoms with Gasteiger partial charge in [-0.3, -0.25) is 4.72 Å². The number of carbonyl (C=O) groups is 1. The first kappa shape index (κ1) is 17.3. The van der Waals surface area contributed by atoms with Gasteiger partial charge < -0.3 is 10.2 Å². The van der Waals surface area contributed by atoms with E-state index in [4.69, 9.17) is 0 Å². The summed E-state index contributed by atoms with van der Waals surface area (Å²) in [6.45, 7) is 8.47. The molecule has 0 atom stereocenters. The molecule has 0 aliphatic rings. The van der Waals surface area contributed by atoms with E-state index in [9.17, 15) is 13.2 Å². The number of anilines is 2. The maximum Gasteiger partial charge on any atom is 0.321 e. The van der Waals surface area contributed by atoms with Crippen molar-refractivity contribution in [2.24, 2.45) is 0 Å². The quantitative estimate of drug-likeness (QED) is 0.847. The van der Waals surface area contributed by atoms with Crippen molar-refractivity contribution in [3.8, 4) is 0 Å². The molecule has 0 aliphatic carbocycles. The largest absolute Gasteiger partial charge is 0.325 e. The molecule has 2 amide bonds. The molecular weight excluding hydrogens is 290 g/mol. The lowest BCUT2D eigenvalue weighted by Crippen LogP contribution is -2.34. The fraction of sp³-hybridized carbons (Fsp3) is 0.500. The van der Waals surface area contributed by atoms with Crippen LogP contribution >= 0.6 is 0 Å². The van der Waals surface area contributed by atoms with Gasteiger partial charge in [0.05, 0.1) is 11.4 Å². The minimum absolute atomic E-state index is 0.0207. The first-order chi connectivity index (χ1) is 9.82. The van der Waals surface area contributed by atoms with Crippen molar-refractivity contribution in [3.05, 3.63) is 23.8 Å². The van der Waals surface area contributed by atoms with Crippen LogP contribution in [-0.4, -0.2) is 38.2 Å². The molecule has 0 heterocycles. The smallest absolute Gasteiger partial charge is 0.321 e. The molecule has 1 aromatic rings. The number of carbonyl (C=O) groups excluding carboxylic acids is 1. The molecule has 0 saturated heterocycles. The predicted molar refractivity (Wildman–Crippen MR) is 86.2 cm³/mol. The van der Waals surface area contributed by atoms with E-state index in [1.165, 1.54) is 0 Å². The van der Waals surface area contributed by atoms with Crippen molar-refractivity contribution in [1.29, 1.82) is 0 Å². The van der Waals surface area contributed by atoms with Crippen LogP contribution in [0.2, 0.25) is 0 Å². The molecule has 0 aromatic heterocycles. The maximum absolute atomic E-state index is 11.9. The summed E-state index contributed by atoms with van der Waals surface area (Å²) < 4.78 is 25.6. The highest BCUT2D eigenvalue weighted by Gasteiger charge is 2.12. The zero-order valence-electron chi connectivity index (χ0n) is 12.9. The monoisotopic (exact) mass is 313 g/mol. The van der Waals surface area contributed by atoms with E-state index < -0.39 is 10.0 Å². The number of nitrogens with zero attached hydrogens (tertiary/aromatic N) is 1. The number of hydrogen-bond donors (Lipinski definition) is 2. The van der Waals surface area contributed by atoms with Crippen LogP contribution in [0.3, 0.4) is 0 Å². The molecule has 0 unspecified atom stereocenters. The average Bonchev–Trinajstić information content (AvgIpc) is 2.43. The van der Waals surface area contributed by atoms with Crippen molar-refractivity contribution in [3.63, 3.8) is 0 Å². The van der Waals surface area contributed by atoms with Crippen LogP contribution in [0.15, 0.2) is 18.2 Å². The summed E-state index contributed by atoms with van der Waals surface area (Å²) >= 11 is 0. The van der Waals surface area contributed by atoms with Crippen LogP contribution in [0.5, 0.6) is 0 Å². The Labute approximate surface area is 126 Å². The van der Waals surface area contributed by atoms with Gasteiger partial charge in [0.15, 0.2) is 0 Å². The first-order valence-corrected chi connectivity index (χ1v) is 8.65. The van der Waals surface area contributed by atoms with Crippen LogP contribution in [0, 0.1) is 6.92 Å². The first-order valence-electron chi connectivity index (χ1n) is 7.00. The van der Waals surface area contributed by atoms with Gasteiger partial charge in [-0.05, 0) is 51.5 Å². The van der Waals surface area contributed by atoms with Gasteiger partial charge >= 0.3 is 6.03 Å². The summed E-state index contributed by atoms with van der Waals surface area (Å²) in [5.74, 6) is 0.0207. The van der Waals surface area contributed by atoms with Crippen molar-refractivity contribution in [1.82, 2.24) is 4.90 Å². The minimum Gasteiger partial charge on any atom is -0.325 e. The fourth-order valence-electron chi connectivity index (χ4n) is 1.81. The van der Waals surface area contributed by atoms with E-state index in [1.807, 2.05) is 13.8 Å². The topological polar surface area (TPSA) is 78.5 Å². The SMILES string of the molecule is CCN(CC)C(=O)Nc1ccc(NS(=O)(=O)CC)c(C)c1. The third-order valence-electron chi connectivity index (χ3n) is 3.17. The Morgan fingerprint density at radius 1 is 1.19 bits per heavy atom. The predicted octanol–water partition coefficient (Wildman–Crippen LogP) is 2.63. The van der Waals surface area contributed by atoms with E-state index in [1.54, 1.807) is 36.9 Å². The van der Waals surface area contributed by atoms with Gasteiger partial charge in [-0.2, -0.15) is 0 Å². The van der Waals surface area contributed by atoms with Crippen LogP contribution in [0.25, 0.3) is 0 Å². The summed E-state index contributed by atoms with van der Waals surface area (Å²) in [4.78, 5) is 13.6. The zero-order valence-corrected chi connectivity index (χ0v) is 13.8. The number of benzene rings is 1. The van der Waals surface area contributed by atoms with Crippen molar-refractivity contribution in [2.75, 3.05) is 28.9 Å². The molecule has 7 heteroatoms. The molecule has 1 rings (SSSR count). The minimum atomic E-state index is -3.30. The van der Waals surface area contributed by atoms with Crippen molar-refractivity contribution >= 4 is 27.4 Å². The third-order valence-corrected chi connectivity index (χ3v) is 4.46. The maximum atomic E-state index is 11.9. The second-order valence-corrected chi connectivity index (χ2v) is 6.65. The van der Waals surface area contributed by atoms with E-state index in [0.29, 0.717) is 24.5 Å². The van der Waals surface area contributed by atoms with Gasteiger partial charge in [0, 0.05) is 18.8 Å². The molecule has 21 heavy (non-hydrogen) atoms. The normalized spacial score (nSPS) is 11.0. The highest BCUT2D eigenvalue weighted by Crippen LogP contribution is 2.21. The molecular formula is C14H23N3O3S. The van der Waals surface area contributed by atoms with Gasteiger partial charge in [0.1, 0.15) is 0 Å². The Kier molecular flexibility index (Phi) is 6.02. The van der Waals surface area contributed by atoms with Crippen molar-refractivity contribution < 1.29 is 13.2 Å². The summed E-state index contributed by atoms with van der Waals surface area (Å²) in [5.41, 5.74) is 1.92. The number of amides is 2. The number of urea groups is 1. The molecule has 0 bridgehead atoms. The fourth-order valence-corrected chi connectivity index (χ4v) is 2.52. The molecule has 0 spiro atoms. The molecule has 0 fully saturated rings. The summed E-state index contributed by atoms with van der Waals surface area (Å²) in [6.07, 6.45) is 0. The standard InChI is InChI=1S/C14H23N3O3S/c1-5-17(6-2)14(18)15-12-8-9-13(11(4)10-12)16-21(19,20)7-3/h8-10,16H,5-7H2,1-4H3,(H,15,18). The second-order valence-electron chi connectivity index (χ2n) is 4.64. The summed E-state index contributed by atoms with van der Waals surface area (Å²) in [6, 6.07) is 4.92. The van der Waals surface area contributed by atoms with E-state index in [-0.39, 0.29) is 11.8 Å². The van der Waals surface area contributed by atoms with E-state index in [0.717, 1.165) is 5.56 Å². The Bertz CT molecular complexity index is 595. The second kappa shape index (κ2) is 7.31. The Morgan fingerprint density at radius 2 is 1.81 bits per heavy atom. The third kappa shape index (κ3) is 4.93. The molecule has 2 N–H and O–H groups in total. The molecule has 6 nitrogen and oxygen atoms in total. The van der Waals surface area contributed by atoms with Gasteiger partial charge in [-0.15, -0.1) is 0 Å². The lowest BCUT2D eigenvalue weighted by Gasteiger charge is -2.19. The molecule has 0 radical (unpaired) electrons. The van der Waals surface area contributed by atoms with Crippen LogP contribution in [0.4, 0.5) is 16.2 Å². The van der Waals surface area contributed by atoms with Crippen LogP contribution in [0.1, 0.15) is 26.3 Å². The lowest BCUT2D eigenvalue weighted by molar-refractivity contribution is 0.217. The number of hydrogen-bond acceptors (Lipinski definition) is 3. The van der Waals surface area contributed by atoms with E-state index in [2.05, 4.69) is 10.0 Å². The number of aryl methyl sites for hydroxylation is 1. The Morgan fingerprint density at radius 3 is 2.29 bits per heavy atom. The number of rotatable bonds is 6. The zero-order chi connectivity index (χ0) is 16.0. The highest BCUT2D eigenvalue weighted by molar-refractivity contribution is 7.92. The molecule has 0 aliphatic heterocycles. The Hall–Kier alpha value is -1.76. The molecule has 1 aromatic carbocycles. The Balaban J connectivity index is 2.86. The molecule has 118 valence electrons. The molecule has 0 saturated carbocycles. The van der Waals surface area contributed by atoms with Crippen molar-refractivity contribution in [2.45, 2.75) is 27.7 Å². The highest BCUT2D eigenvalue weighted by atomic mass is 32.2. The van der Waals surface area contributed by atoms with E-state index >= 15 is 0 Å². The summed E-state index contributed by atoms with van der Waals surface area (Å²) in [7, 11) is -3.30. The van der Waals surface area contributed by atoms with Gasteiger partial charge in [-0.1, -0.05) is 0 Å². The van der Waals surface area contributed by atoms with Gasteiger partial charge in [-0.25, -0.2) is 13.2 Å². The van der Waals surface area contributed by atoms with Gasteiger partial charge in [0.25, 0.3) is 0 Å². The van der Waals surface area contributed by atoms with Gasteiger partial charge in [0.2, 0.25) is 10.0 Å². The average molecular weight is 313 g/mol.